The molecule has 78 valence electrons. The van der Waals surface area contributed by atoms with Gasteiger partial charge < -0.3 is 4.90 Å². The van der Waals surface area contributed by atoms with E-state index in [2.05, 4.69) is 6.58 Å². The zero-order valence-electron chi connectivity index (χ0n) is 8.64. The van der Waals surface area contributed by atoms with E-state index in [1.54, 1.807) is 31.2 Å². The third-order valence-electron chi connectivity index (χ3n) is 2.00. The molecule has 0 aromatic carbocycles. The van der Waals surface area contributed by atoms with Crippen LogP contribution in [0.15, 0.2) is 48.7 Å². The molecule has 1 rings (SSSR count). The first-order valence-corrected chi connectivity index (χ1v) is 4.63. The Morgan fingerprint density at radius 3 is 2.80 bits per heavy atom. The van der Waals surface area contributed by atoms with Crippen LogP contribution in [0.2, 0.25) is 0 Å². The Kier molecular flexibility index (Phi) is 3.80. The molecule has 3 heteroatoms. The molecule has 0 atom stereocenters. The summed E-state index contributed by atoms with van der Waals surface area (Å²) < 4.78 is 0. The molecule has 0 saturated heterocycles. The SMILES string of the molecule is C=C/C=C\C=C(/C)N1CC(=O)C=CC1=O. The fourth-order valence-electron chi connectivity index (χ4n) is 1.20. The Morgan fingerprint density at radius 2 is 2.13 bits per heavy atom. The highest BCUT2D eigenvalue weighted by molar-refractivity contribution is 6.05. The normalized spacial score (nSPS) is 17.7. The molecule has 0 aliphatic carbocycles. The van der Waals surface area contributed by atoms with Crippen molar-refractivity contribution in [2.75, 3.05) is 6.54 Å². The van der Waals surface area contributed by atoms with Crippen LogP contribution in [0, 0.1) is 0 Å². The summed E-state index contributed by atoms with van der Waals surface area (Å²) in [7, 11) is 0. The lowest BCUT2D eigenvalue weighted by Gasteiger charge is -2.22. The number of amides is 1. The van der Waals surface area contributed by atoms with Gasteiger partial charge in [-0.05, 0) is 19.1 Å². The predicted octanol–water partition coefficient (Wildman–Crippen LogP) is 1.60. The second kappa shape index (κ2) is 5.10. The highest BCUT2D eigenvalue weighted by Crippen LogP contribution is 2.09. The van der Waals surface area contributed by atoms with Crippen molar-refractivity contribution in [3.05, 3.63) is 48.7 Å². The van der Waals surface area contributed by atoms with Crippen LogP contribution in [0.3, 0.4) is 0 Å². The zero-order chi connectivity index (χ0) is 11.3. The Balaban J connectivity index is 2.79. The molecule has 0 fully saturated rings. The molecule has 1 heterocycles. The fourth-order valence-corrected chi connectivity index (χ4v) is 1.20. The second-order valence-electron chi connectivity index (χ2n) is 3.15. The van der Waals surface area contributed by atoms with Gasteiger partial charge in [-0.25, -0.2) is 0 Å². The quantitative estimate of drug-likeness (QED) is 0.653. The number of allylic oxidation sites excluding steroid dienone is 5. The van der Waals surface area contributed by atoms with E-state index in [9.17, 15) is 9.59 Å². The van der Waals surface area contributed by atoms with E-state index in [1.807, 2.05) is 0 Å². The topological polar surface area (TPSA) is 37.4 Å². The Morgan fingerprint density at radius 1 is 1.40 bits per heavy atom. The number of nitrogens with zero attached hydrogens (tertiary/aromatic N) is 1. The van der Waals surface area contributed by atoms with Crippen LogP contribution in [-0.2, 0) is 9.59 Å². The van der Waals surface area contributed by atoms with Crippen LogP contribution in [0.5, 0.6) is 0 Å². The van der Waals surface area contributed by atoms with E-state index >= 15 is 0 Å². The maximum atomic E-state index is 11.4. The van der Waals surface area contributed by atoms with Gasteiger partial charge in [0.25, 0.3) is 5.91 Å². The van der Waals surface area contributed by atoms with Crippen LogP contribution >= 0.6 is 0 Å². The maximum absolute atomic E-state index is 11.4. The van der Waals surface area contributed by atoms with Gasteiger partial charge in [0.15, 0.2) is 5.78 Å². The van der Waals surface area contributed by atoms with Crippen molar-refractivity contribution < 1.29 is 9.59 Å². The highest BCUT2D eigenvalue weighted by Gasteiger charge is 2.19. The number of carbonyl (C=O) groups excluding carboxylic acids is 2. The lowest BCUT2D eigenvalue weighted by atomic mass is 10.2. The van der Waals surface area contributed by atoms with Crippen LogP contribution < -0.4 is 0 Å². The summed E-state index contributed by atoms with van der Waals surface area (Å²) in [5, 5.41) is 0. The second-order valence-corrected chi connectivity index (χ2v) is 3.15. The largest absolute Gasteiger partial charge is 0.305 e. The van der Waals surface area contributed by atoms with Crippen molar-refractivity contribution in [3.63, 3.8) is 0 Å². The zero-order valence-corrected chi connectivity index (χ0v) is 8.64. The number of hydrogen-bond acceptors (Lipinski definition) is 2. The molecular formula is C12H13NO2. The van der Waals surface area contributed by atoms with E-state index in [-0.39, 0.29) is 18.2 Å². The van der Waals surface area contributed by atoms with Crippen molar-refractivity contribution in [1.29, 1.82) is 0 Å². The van der Waals surface area contributed by atoms with Gasteiger partial charge in [-0.1, -0.05) is 24.8 Å². The maximum Gasteiger partial charge on any atom is 0.251 e. The molecule has 1 aliphatic rings. The molecule has 3 nitrogen and oxygen atoms in total. The van der Waals surface area contributed by atoms with Gasteiger partial charge in [-0.15, -0.1) is 0 Å². The summed E-state index contributed by atoms with van der Waals surface area (Å²) in [6, 6.07) is 0. The third kappa shape index (κ3) is 3.06. The van der Waals surface area contributed by atoms with E-state index in [0.29, 0.717) is 0 Å². The van der Waals surface area contributed by atoms with E-state index < -0.39 is 0 Å². The van der Waals surface area contributed by atoms with Gasteiger partial charge in [0.1, 0.15) is 0 Å². The minimum absolute atomic E-state index is 0.0601. The Hall–Kier alpha value is -1.90. The molecule has 0 bridgehead atoms. The minimum Gasteiger partial charge on any atom is -0.305 e. The molecule has 0 aromatic rings. The van der Waals surface area contributed by atoms with Gasteiger partial charge in [-0.2, -0.15) is 0 Å². The molecule has 0 saturated carbocycles. The first kappa shape index (κ1) is 11.2. The minimum atomic E-state index is -0.157. The lowest BCUT2D eigenvalue weighted by Crippen LogP contribution is -2.35. The predicted molar refractivity (Wildman–Crippen MR) is 59.0 cm³/mol. The third-order valence-corrected chi connectivity index (χ3v) is 2.00. The highest BCUT2D eigenvalue weighted by atomic mass is 16.2. The molecule has 0 N–H and O–H groups in total. The fraction of sp³-hybridized carbons (Fsp3) is 0.167. The van der Waals surface area contributed by atoms with Crippen LogP contribution in [-0.4, -0.2) is 23.1 Å². The van der Waals surface area contributed by atoms with E-state index in [4.69, 9.17) is 0 Å². The Labute approximate surface area is 89.1 Å². The van der Waals surface area contributed by atoms with Crippen molar-refractivity contribution in [3.8, 4) is 0 Å². The van der Waals surface area contributed by atoms with Gasteiger partial charge >= 0.3 is 0 Å². The standard InChI is InChI=1S/C12H13NO2/c1-3-4-5-6-10(2)13-9-11(14)7-8-12(13)15/h3-8H,1,9H2,2H3/b5-4-,10-6+. The van der Waals surface area contributed by atoms with Crippen LogP contribution in [0.1, 0.15) is 6.92 Å². The van der Waals surface area contributed by atoms with Gasteiger partial charge in [0.2, 0.25) is 0 Å². The average Bonchev–Trinajstić information content (AvgIpc) is 2.22. The summed E-state index contributed by atoms with van der Waals surface area (Å²) >= 11 is 0. The summed E-state index contributed by atoms with van der Waals surface area (Å²) in [4.78, 5) is 24.0. The first-order chi connectivity index (χ1) is 7.15. The Bertz CT molecular complexity index is 375. The molecule has 0 spiro atoms. The number of rotatable bonds is 3. The molecule has 0 radical (unpaired) electrons. The van der Waals surface area contributed by atoms with Gasteiger partial charge in [0.05, 0.1) is 6.54 Å². The van der Waals surface area contributed by atoms with Gasteiger partial charge in [-0.3, -0.25) is 9.59 Å². The average molecular weight is 203 g/mol. The molecule has 0 aromatic heterocycles. The number of ketones is 1. The molecule has 0 unspecified atom stereocenters. The van der Waals surface area contributed by atoms with Crippen molar-refractivity contribution in [2.24, 2.45) is 0 Å². The first-order valence-electron chi connectivity index (χ1n) is 4.63. The van der Waals surface area contributed by atoms with E-state index in [1.165, 1.54) is 17.1 Å². The molecular weight excluding hydrogens is 190 g/mol. The summed E-state index contributed by atoms with van der Waals surface area (Å²) in [6.07, 6.45) is 9.55. The number of carbonyl (C=O) groups is 2. The molecule has 1 amide bonds. The van der Waals surface area contributed by atoms with Gasteiger partial charge in [0, 0.05) is 11.8 Å². The molecule has 15 heavy (non-hydrogen) atoms. The summed E-state index contributed by atoms with van der Waals surface area (Å²) in [5.74, 6) is -0.217. The van der Waals surface area contributed by atoms with Crippen LogP contribution in [0.25, 0.3) is 0 Å². The monoisotopic (exact) mass is 203 g/mol. The summed E-state index contributed by atoms with van der Waals surface area (Å²) in [5.41, 5.74) is 0.746. The van der Waals surface area contributed by atoms with Crippen molar-refractivity contribution in [2.45, 2.75) is 6.92 Å². The lowest BCUT2D eigenvalue weighted by molar-refractivity contribution is -0.129. The van der Waals surface area contributed by atoms with Crippen LogP contribution in [0.4, 0.5) is 0 Å². The van der Waals surface area contributed by atoms with Crippen molar-refractivity contribution >= 4 is 11.7 Å². The number of hydrogen-bond donors (Lipinski definition) is 0. The summed E-state index contributed by atoms with van der Waals surface area (Å²) in [6.45, 7) is 5.45. The van der Waals surface area contributed by atoms with E-state index in [0.717, 1.165) is 5.70 Å². The van der Waals surface area contributed by atoms with Crippen molar-refractivity contribution in [1.82, 2.24) is 4.90 Å². The molecule has 1 aliphatic heterocycles. The smallest absolute Gasteiger partial charge is 0.251 e.